The maximum absolute atomic E-state index is 6.07. The fraction of sp³-hybridized carbons (Fsp3) is 1.00. The lowest BCUT2D eigenvalue weighted by Crippen LogP contribution is -2.54. The van der Waals surface area contributed by atoms with Gasteiger partial charge in [0.25, 0.3) is 0 Å². The van der Waals surface area contributed by atoms with E-state index in [0.717, 1.165) is 0 Å². The van der Waals surface area contributed by atoms with Crippen molar-refractivity contribution in [3.63, 3.8) is 0 Å². The molecule has 1 rings (SSSR count). The Morgan fingerprint density at radius 1 is 1.50 bits per heavy atom. The Morgan fingerprint density at radius 3 is 2.57 bits per heavy atom. The van der Waals surface area contributed by atoms with Gasteiger partial charge in [0, 0.05) is 10.2 Å². The fourth-order valence-electron chi connectivity index (χ4n) is 2.18. The number of alkyl halides is 1. The van der Waals surface area contributed by atoms with Gasteiger partial charge in [0.15, 0.2) is 0 Å². The van der Waals surface area contributed by atoms with E-state index in [1.54, 1.807) is 0 Å². The zero-order valence-corrected chi connectivity index (χ0v) is 11.4. The van der Waals surface area contributed by atoms with Crippen molar-refractivity contribution in [2.45, 2.75) is 70.4 Å². The lowest BCUT2D eigenvalue weighted by atomic mass is 9.65. The monoisotopic (exact) mass is 262 g/mol. The van der Waals surface area contributed by atoms with Gasteiger partial charge in [0.2, 0.25) is 0 Å². The van der Waals surface area contributed by atoms with E-state index in [-0.39, 0.29) is 0 Å². The van der Waals surface area contributed by atoms with Gasteiger partial charge in [-0.05, 0) is 26.2 Å². The quantitative estimate of drug-likeness (QED) is 0.677. The van der Waals surface area contributed by atoms with Crippen molar-refractivity contribution in [2.24, 2.45) is 5.41 Å². The van der Waals surface area contributed by atoms with E-state index in [2.05, 4.69) is 43.6 Å². The summed E-state index contributed by atoms with van der Waals surface area (Å²) in [7, 11) is 0. The number of ether oxygens (including phenoxy) is 1. The Kier molecular flexibility index (Phi) is 4.45. The second-order valence-electron chi connectivity index (χ2n) is 4.79. The summed E-state index contributed by atoms with van der Waals surface area (Å²) in [5, 5.41) is 0. The molecule has 1 saturated carbocycles. The standard InChI is InChI=1S/C12H23BrO/c1-5-7-9(3)14-11-8-10(13)12(11,4)6-2/h9-11H,5-8H2,1-4H3. The Labute approximate surface area is 96.7 Å². The molecule has 0 heterocycles. The van der Waals surface area contributed by atoms with Gasteiger partial charge in [-0.25, -0.2) is 0 Å². The predicted molar refractivity (Wildman–Crippen MR) is 65.0 cm³/mol. The first-order valence-corrected chi connectivity index (χ1v) is 6.75. The molecule has 4 unspecified atom stereocenters. The van der Waals surface area contributed by atoms with Crippen LogP contribution in [0.2, 0.25) is 0 Å². The number of rotatable bonds is 5. The zero-order valence-electron chi connectivity index (χ0n) is 9.85. The van der Waals surface area contributed by atoms with Gasteiger partial charge in [-0.1, -0.05) is 43.1 Å². The Hall–Kier alpha value is 0.440. The normalized spacial score (nSPS) is 39.2. The Bertz CT molecular complexity index is 183. The molecular formula is C12H23BrO. The van der Waals surface area contributed by atoms with Crippen LogP contribution in [-0.2, 0) is 4.74 Å². The highest BCUT2D eigenvalue weighted by molar-refractivity contribution is 9.09. The largest absolute Gasteiger partial charge is 0.375 e. The highest BCUT2D eigenvalue weighted by Crippen LogP contribution is 2.50. The van der Waals surface area contributed by atoms with E-state index < -0.39 is 0 Å². The minimum atomic E-state index is 0.363. The van der Waals surface area contributed by atoms with E-state index in [1.165, 1.54) is 25.7 Å². The smallest absolute Gasteiger partial charge is 0.0653 e. The van der Waals surface area contributed by atoms with Crippen LogP contribution in [0.4, 0.5) is 0 Å². The van der Waals surface area contributed by atoms with Crippen LogP contribution in [0.3, 0.4) is 0 Å². The molecule has 0 saturated heterocycles. The summed E-state index contributed by atoms with van der Waals surface area (Å²) in [6.07, 6.45) is 5.68. The second-order valence-corrected chi connectivity index (χ2v) is 5.89. The van der Waals surface area contributed by atoms with Gasteiger partial charge in [-0.2, -0.15) is 0 Å². The maximum Gasteiger partial charge on any atom is 0.0653 e. The summed E-state index contributed by atoms with van der Waals surface area (Å²) in [6, 6.07) is 0. The molecule has 0 aliphatic heterocycles. The maximum atomic E-state index is 6.07. The molecule has 0 amide bonds. The predicted octanol–water partition coefficient (Wildman–Crippen LogP) is 4.14. The fourth-order valence-corrected chi connectivity index (χ4v) is 3.14. The van der Waals surface area contributed by atoms with Crippen LogP contribution in [0.25, 0.3) is 0 Å². The molecule has 84 valence electrons. The third kappa shape index (κ3) is 2.33. The first-order valence-electron chi connectivity index (χ1n) is 5.84. The summed E-state index contributed by atoms with van der Waals surface area (Å²) in [5.74, 6) is 0. The summed E-state index contributed by atoms with van der Waals surface area (Å²) in [5.41, 5.74) is 0.363. The van der Waals surface area contributed by atoms with Crippen molar-refractivity contribution in [1.29, 1.82) is 0 Å². The summed E-state index contributed by atoms with van der Waals surface area (Å²) < 4.78 is 6.07. The summed E-state index contributed by atoms with van der Waals surface area (Å²) in [6.45, 7) is 9.00. The Morgan fingerprint density at radius 2 is 2.14 bits per heavy atom. The van der Waals surface area contributed by atoms with Crippen LogP contribution < -0.4 is 0 Å². The lowest BCUT2D eigenvalue weighted by molar-refractivity contribution is -0.127. The second kappa shape index (κ2) is 4.98. The average Bonchev–Trinajstić information content (AvgIpc) is 2.16. The minimum absolute atomic E-state index is 0.363. The van der Waals surface area contributed by atoms with Crippen molar-refractivity contribution in [1.82, 2.24) is 0 Å². The number of halogens is 1. The lowest BCUT2D eigenvalue weighted by Gasteiger charge is -2.51. The van der Waals surface area contributed by atoms with Gasteiger partial charge in [0.05, 0.1) is 12.2 Å². The number of hydrogen-bond donors (Lipinski definition) is 0. The molecule has 0 aromatic carbocycles. The highest BCUT2D eigenvalue weighted by Gasteiger charge is 2.50. The molecule has 1 aliphatic carbocycles. The first kappa shape index (κ1) is 12.5. The molecule has 14 heavy (non-hydrogen) atoms. The number of hydrogen-bond acceptors (Lipinski definition) is 1. The first-order chi connectivity index (χ1) is 6.54. The van der Waals surface area contributed by atoms with E-state index in [9.17, 15) is 0 Å². The molecule has 0 N–H and O–H groups in total. The molecule has 0 bridgehead atoms. The van der Waals surface area contributed by atoms with Crippen LogP contribution in [-0.4, -0.2) is 17.0 Å². The van der Waals surface area contributed by atoms with Gasteiger partial charge in [-0.3, -0.25) is 0 Å². The summed E-state index contributed by atoms with van der Waals surface area (Å²) in [4.78, 5) is 0.652. The average molecular weight is 263 g/mol. The van der Waals surface area contributed by atoms with Crippen LogP contribution in [0.15, 0.2) is 0 Å². The third-order valence-corrected chi connectivity index (χ3v) is 5.15. The molecule has 0 aromatic rings. The van der Waals surface area contributed by atoms with Crippen molar-refractivity contribution >= 4 is 15.9 Å². The molecule has 1 aliphatic rings. The Balaban J connectivity index is 2.40. The van der Waals surface area contributed by atoms with Crippen molar-refractivity contribution < 1.29 is 4.74 Å². The molecule has 1 fully saturated rings. The van der Waals surface area contributed by atoms with Crippen LogP contribution in [0.5, 0.6) is 0 Å². The molecule has 0 radical (unpaired) electrons. The van der Waals surface area contributed by atoms with Crippen LogP contribution in [0, 0.1) is 5.41 Å². The SMILES string of the molecule is CCCC(C)OC1CC(Br)C1(C)CC. The molecular weight excluding hydrogens is 240 g/mol. The van der Waals surface area contributed by atoms with E-state index in [4.69, 9.17) is 4.74 Å². The molecule has 0 spiro atoms. The van der Waals surface area contributed by atoms with E-state index >= 15 is 0 Å². The van der Waals surface area contributed by atoms with Crippen LogP contribution >= 0.6 is 15.9 Å². The van der Waals surface area contributed by atoms with Crippen molar-refractivity contribution in [2.75, 3.05) is 0 Å². The topological polar surface area (TPSA) is 9.23 Å². The van der Waals surface area contributed by atoms with Gasteiger partial charge >= 0.3 is 0 Å². The molecule has 2 heteroatoms. The zero-order chi connectivity index (χ0) is 10.8. The van der Waals surface area contributed by atoms with Crippen molar-refractivity contribution in [3.8, 4) is 0 Å². The highest BCUT2D eigenvalue weighted by atomic mass is 79.9. The summed E-state index contributed by atoms with van der Waals surface area (Å²) >= 11 is 3.73. The van der Waals surface area contributed by atoms with Crippen molar-refractivity contribution in [3.05, 3.63) is 0 Å². The molecule has 4 atom stereocenters. The molecule has 0 aromatic heterocycles. The minimum Gasteiger partial charge on any atom is -0.375 e. The van der Waals surface area contributed by atoms with Gasteiger partial charge in [0.1, 0.15) is 0 Å². The van der Waals surface area contributed by atoms with Gasteiger partial charge in [-0.15, -0.1) is 0 Å². The molecule has 1 nitrogen and oxygen atoms in total. The van der Waals surface area contributed by atoms with E-state index in [1.807, 2.05) is 0 Å². The van der Waals surface area contributed by atoms with Crippen LogP contribution in [0.1, 0.15) is 53.4 Å². The van der Waals surface area contributed by atoms with Gasteiger partial charge < -0.3 is 4.74 Å². The third-order valence-electron chi connectivity index (χ3n) is 3.73. The van der Waals surface area contributed by atoms with E-state index in [0.29, 0.717) is 22.5 Å².